The Morgan fingerprint density at radius 1 is 1.31 bits per heavy atom. The van der Waals surface area contributed by atoms with Crippen LogP contribution in [-0.2, 0) is 0 Å². The zero-order chi connectivity index (χ0) is 12.0. The average Bonchev–Trinajstić information content (AvgIpc) is 2.12. The fourth-order valence-electron chi connectivity index (χ4n) is 2.13. The van der Waals surface area contributed by atoms with Crippen LogP contribution in [0, 0.1) is 5.92 Å². The highest BCUT2D eigenvalue weighted by Crippen LogP contribution is 2.35. The zero-order valence-electron chi connectivity index (χ0n) is 11.2. The minimum Gasteiger partial charge on any atom is -0.0993 e. The van der Waals surface area contributed by atoms with Gasteiger partial charge >= 0.3 is 0 Å². The first-order valence-electron chi connectivity index (χ1n) is 6.58. The van der Waals surface area contributed by atoms with Crippen LogP contribution in [0.3, 0.4) is 0 Å². The third kappa shape index (κ3) is 4.38. The molecule has 0 unspecified atom stereocenters. The van der Waals surface area contributed by atoms with Gasteiger partial charge in [-0.25, -0.2) is 0 Å². The normalized spacial score (nSPS) is 16.8. The van der Waals surface area contributed by atoms with Gasteiger partial charge in [0.05, 0.1) is 0 Å². The van der Waals surface area contributed by atoms with E-state index in [0.717, 1.165) is 12.3 Å². The lowest BCUT2D eigenvalue weighted by Gasteiger charge is -2.28. The topological polar surface area (TPSA) is 0 Å². The predicted molar refractivity (Wildman–Crippen MR) is 73.5 cm³/mol. The summed E-state index contributed by atoms with van der Waals surface area (Å²) in [6.45, 7) is 10.7. The molecule has 1 fully saturated rings. The Balaban J connectivity index is 2.31. The van der Waals surface area contributed by atoms with Crippen molar-refractivity contribution in [3.63, 3.8) is 0 Å². The fourth-order valence-corrected chi connectivity index (χ4v) is 2.13. The molecule has 0 bridgehead atoms. The largest absolute Gasteiger partial charge is 0.0993 e. The summed E-state index contributed by atoms with van der Waals surface area (Å²) in [6, 6.07) is 0. The average molecular weight is 218 g/mol. The predicted octanol–water partition coefficient (Wildman–Crippen LogP) is 5.43. The molecule has 0 spiro atoms. The van der Waals surface area contributed by atoms with Gasteiger partial charge in [0.25, 0.3) is 0 Å². The summed E-state index contributed by atoms with van der Waals surface area (Å²) in [7, 11) is 0. The third-order valence-electron chi connectivity index (χ3n) is 3.56. The molecule has 0 aliphatic heterocycles. The van der Waals surface area contributed by atoms with Gasteiger partial charge in [-0.1, -0.05) is 41.9 Å². The summed E-state index contributed by atoms with van der Waals surface area (Å²) >= 11 is 0. The quantitative estimate of drug-likeness (QED) is 0.522. The smallest absolute Gasteiger partial charge is 0.0108 e. The highest BCUT2D eigenvalue weighted by molar-refractivity contribution is 5.16. The summed E-state index contributed by atoms with van der Waals surface area (Å²) in [5, 5.41) is 0. The van der Waals surface area contributed by atoms with Gasteiger partial charge in [0.2, 0.25) is 0 Å². The molecular weight excluding hydrogens is 192 g/mol. The van der Waals surface area contributed by atoms with E-state index < -0.39 is 0 Å². The van der Waals surface area contributed by atoms with Gasteiger partial charge in [0.15, 0.2) is 0 Å². The lowest BCUT2D eigenvalue weighted by molar-refractivity contribution is 0.363. The second-order valence-electron chi connectivity index (χ2n) is 5.23. The van der Waals surface area contributed by atoms with Gasteiger partial charge in [-0.3, -0.25) is 0 Å². The minimum atomic E-state index is 0.832. The molecule has 0 N–H and O–H groups in total. The van der Waals surface area contributed by atoms with Gasteiger partial charge in [-0.15, -0.1) is 0 Å². The summed E-state index contributed by atoms with van der Waals surface area (Å²) in [4.78, 5) is 0. The van der Waals surface area contributed by atoms with Crippen molar-refractivity contribution >= 4 is 0 Å². The standard InChI is InChI=1S/C16H26/c1-5-15(9-6-8-13(2)3)12-14(4)16-10-7-11-16/h5,8,16H,4,6-7,9-12H2,1-3H3/b15-5-. The van der Waals surface area contributed by atoms with Crippen molar-refractivity contribution < 1.29 is 0 Å². The Bertz CT molecular complexity index is 283. The molecule has 0 saturated heterocycles. The van der Waals surface area contributed by atoms with Crippen LogP contribution >= 0.6 is 0 Å². The second kappa shape index (κ2) is 6.73. The molecule has 90 valence electrons. The molecule has 1 rings (SSSR count). The summed E-state index contributed by atoms with van der Waals surface area (Å²) < 4.78 is 0. The van der Waals surface area contributed by atoms with E-state index in [-0.39, 0.29) is 0 Å². The van der Waals surface area contributed by atoms with Gasteiger partial charge in [0.1, 0.15) is 0 Å². The van der Waals surface area contributed by atoms with Crippen LogP contribution in [0.4, 0.5) is 0 Å². The molecule has 1 aliphatic rings. The van der Waals surface area contributed by atoms with E-state index in [4.69, 9.17) is 0 Å². The second-order valence-corrected chi connectivity index (χ2v) is 5.23. The maximum absolute atomic E-state index is 4.25. The Labute approximate surface area is 101 Å². The maximum atomic E-state index is 4.25. The van der Waals surface area contributed by atoms with Crippen LogP contribution in [0.1, 0.15) is 59.3 Å². The van der Waals surface area contributed by atoms with E-state index in [1.807, 2.05) is 0 Å². The van der Waals surface area contributed by atoms with E-state index in [1.54, 1.807) is 5.57 Å². The number of allylic oxidation sites excluding steroid dienone is 5. The molecule has 0 amide bonds. The van der Waals surface area contributed by atoms with Gasteiger partial charge < -0.3 is 0 Å². The van der Waals surface area contributed by atoms with Crippen LogP contribution in [-0.4, -0.2) is 0 Å². The van der Waals surface area contributed by atoms with Crippen LogP contribution in [0.25, 0.3) is 0 Å². The molecule has 16 heavy (non-hydrogen) atoms. The first-order valence-corrected chi connectivity index (χ1v) is 6.58. The van der Waals surface area contributed by atoms with E-state index in [2.05, 4.69) is 39.5 Å². The van der Waals surface area contributed by atoms with Gasteiger partial charge in [0, 0.05) is 0 Å². The molecule has 0 aromatic carbocycles. The molecule has 1 saturated carbocycles. The van der Waals surface area contributed by atoms with Crippen LogP contribution in [0.5, 0.6) is 0 Å². The minimum absolute atomic E-state index is 0.832. The Hall–Kier alpha value is -0.780. The number of hydrogen-bond acceptors (Lipinski definition) is 0. The van der Waals surface area contributed by atoms with Gasteiger partial charge in [-0.2, -0.15) is 0 Å². The Morgan fingerprint density at radius 3 is 2.44 bits per heavy atom. The van der Waals surface area contributed by atoms with Crippen molar-refractivity contribution in [3.05, 3.63) is 35.5 Å². The summed E-state index contributed by atoms with van der Waals surface area (Å²) in [6.07, 6.45) is 12.3. The SMILES string of the molecule is C=C(C/C(=C\C)CCC=C(C)C)C1CCC1. The maximum Gasteiger partial charge on any atom is -0.0108 e. The Morgan fingerprint density at radius 2 is 2.00 bits per heavy atom. The van der Waals surface area contributed by atoms with Crippen molar-refractivity contribution in [2.24, 2.45) is 5.92 Å². The van der Waals surface area contributed by atoms with Crippen LogP contribution < -0.4 is 0 Å². The molecular formula is C16H26. The van der Waals surface area contributed by atoms with Crippen LogP contribution in [0.15, 0.2) is 35.5 Å². The highest BCUT2D eigenvalue weighted by Gasteiger charge is 2.20. The van der Waals surface area contributed by atoms with E-state index in [9.17, 15) is 0 Å². The summed E-state index contributed by atoms with van der Waals surface area (Å²) in [5.74, 6) is 0.832. The van der Waals surface area contributed by atoms with Crippen LogP contribution in [0.2, 0.25) is 0 Å². The van der Waals surface area contributed by atoms with Crippen molar-refractivity contribution in [2.75, 3.05) is 0 Å². The van der Waals surface area contributed by atoms with E-state index in [1.165, 1.54) is 43.3 Å². The zero-order valence-corrected chi connectivity index (χ0v) is 11.2. The first kappa shape index (κ1) is 13.3. The Kier molecular flexibility index (Phi) is 5.59. The van der Waals surface area contributed by atoms with Crippen molar-refractivity contribution in [1.82, 2.24) is 0 Å². The number of hydrogen-bond donors (Lipinski definition) is 0. The molecule has 1 aliphatic carbocycles. The molecule has 0 aromatic rings. The molecule has 0 nitrogen and oxygen atoms in total. The summed E-state index contributed by atoms with van der Waals surface area (Å²) in [5.41, 5.74) is 4.46. The fraction of sp³-hybridized carbons (Fsp3) is 0.625. The van der Waals surface area contributed by atoms with E-state index in [0.29, 0.717) is 0 Å². The number of rotatable bonds is 6. The molecule has 0 radical (unpaired) electrons. The molecule has 0 heterocycles. The first-order chi connectivity index (χ1) is 7.63. The molecule has 0 aromatic heterocycles. The lowest BCUT2D eigenvalue weighted by atomic mass is 9.78. The monoisotopic (exact) mass is 218 g/mol. The molecule has 0 heteroatoms. The van der Waals surface area contributed by atoms with Gasteiger partial charge in [-0.05, 0) is 58.8 Å². The van der Waals surface area contributed by atoms with E-state index >= 15 is 0 Å². The molecule has 0 atom stereocenters. The van der Waals surface area contributed by atoms with Crippen molar-refractivity contribution in [2.45, 2.75) is 59.3 Å². The van der Waals surface area contributed by atoms with Crippen molar-refractivity contribution in [1.29, 1.82) is 0 Å². The third-order valence-corrected chi connectivity index (χ3v) is 3.56. The lowest BCUT2D eigenvalue weighted by Crippen LogP contribution is -2.13. The van der Waals surface area contributed by atoms with Crippen molar-refractivity contribution in [3.8, 4) is 0 Å². The highest BCUT2D eigenvalue weighted by atomic mass is 14.3.